The fourth-order valence-electron chi connectivity index (χ4n) is 5.17. The smallest absolute Gasteiger partial charge is 0.264 e. The first kappa shape index (κ1) is 21.3. The second kappa shape index (κ2) is 7.66. The molecule has 0 N–H and O–H groups in total. The summed E-state index contributed by atoms with van der Waals surface area (Å²) in [7, 11) is 0. The van der Waals surface area contributed by atoms with Crippen LogP contribution in [0.15, 0.2) is 82.4 Å². The van der Waals surface area contributed by atoms with Crippen LogP contribution in [0.1, 0.15) is 22.3 Å². The van der Waals surface area contributed by atoms with Crippen LogP contribution in [-0.2, 0) is 0 Å². The number of benzene rings is 2. The van der Waals surface area contributed by atoms with E-state index in [1.54, 1.807) is 33.1 Å². The zero-order chi connectivity index (χ0) is 25.1. The predicted octanol–water partition coefficient (Wildman–Crippen LogP) is 5.20. The molecule has 6 nitrogen and oxygen atoms in total. The Morgan fingerprint density at radius 1 is 0.556 bits per heavy atom. The molecular weight excluding hydrogens is 448 g/mol. The fourth-order valence-corrected chi connectivity index (χ4v) is 5.17. The van der Waals surface area contributed by atoms with Crippen molar-refractivity contribution in [3.63, 3.8) is 0 Å². The van der Waals surface area contributed by atoms with E-state index in [2.05, 4.69) is 12.1 Å². The van der Waals surface area contributed by atoms with E-state index in [0.29, 0.717) is 44.3 Å². The minimum absolute atomic E-state index is 0.242. The summed E-state index contributed by atoms with van der Waals surface area (Å²) in [5.41, 5.74) is 6.49. The van der Waals surface area contributed by atoms with Gasteiger partial charge in [-0.05, 0) is 84.6 Å². The topological polar surface area (TPSA) is 90.5 Å². The molecule has 6 aromatic rings. The number of hydrogen-bond donors (Lipinski definition) is 0. The quantitative estimate of drug-likeness (QED) is 0.351. The van der Waals surface area contributed by atoms with Gasteiger partial charge in [-0.3, -0.25) is 18.4 Å². The van der Waals surface area contributed by atoms with Crippen molar-refractivity contribution in [3.8, 4) is 34.7 Å². The van der Waals surface area contributed by atoms with Crippen molar-refractivity contribution < 1.29 is 0 Å². The zero-order valence-electron chi connectivity index (χ0n) is 19.5. The number of pyridine rings is 2. The number of hydrogen-bond acceptors (Lipinski definition) is 4. The molecule has 0 amide bonds. The van der Waals surface area contributed by atoms with E-state index in [0.717, 1.165) is 22.3 Å². The summed E-state index contributed by atoms with van der Waals surface area (Å²) in [5, 5.41) is 19.1. The van der Waals surface area contributed by atoms with Crippen molar-refractivity contribution in [2.75, 3.05) is 0 Å². The lowest BCUT2D eigenvalue weighted by Gasteiger charge is -2.12. The number of rotatable bonds is 2. The number of nitriles is 2. The third-order valence-electron chi connectivity index (χ3n) is 6.98. The van der Waals surface area contributed by atoms with Gasteiger partial charge in [0.05, 0.1) is 56.5 Å². The molecule has 0 fully saturated rings. The van der Waals surface area contributed by atoms with Gasteiger partial charge in [0.2, 0.25) is 0 Å². The molecule has 6 heteroatoms. The second-order valence-corrected chi connectivity index (χ2v) is 8.87. The van der Waals surface area contributed by atoms with Crippen LogP contribution in [0.5, 0.6) is 0 Å². The first-order valence-electron chi connectivity index (χ1n) is 11.4. The van der Waals surface area contributed by atoms with E-state index in [9.17, 15) is 9.59 Å². The Balaban J connectivity index is 1.70. The highest BCUT2D eigenvalue weighted by Crippen LogP contribution is 2.30. The Hall–Kier alpha value is -5.20. The number of nitrogens with zero attached hydrogens (tertiary/aromatic N) is 4. The molecule has 0 saturated heterocycles. The largest absolute Gasteiger partial charge is 0.276 e. The monoisotopic (exact) mass is 466 g/mol. The van der Waals surface area contributed by atoms with Gasteiger partial charge in [0.1, 0.15) is 0 Å². The van der Waals surface area contributed by atoms with Gasteiger partial charge in [-0.25, -0.2) is 0 Å². The first-order chi connectivity index (χ1) is 17.4. The Kier molecular flexibility index (Phi) is 4.54. The molecule has 36 heavy (non-hydrogen) atoms. The maximum Gasteiger partial charge on any atom is 0.264 e. The van der Waals surface area contributed by atoms with Crippen LogP contribution >= 0.6 is 0 Å². The first-order valence-corrected chi connectivity index (χ1v) is 11.4. The molecule has 170 valence electrons. The minimum atomic E-state index is -0.242. The molecule has 2 aromatic carbocycles. The number of aryl methyl sites for hydroxylation is 2. The molecule has 0 aliphatic heterocycles. The van der Waals surface area contributed by atoms with E-state index in [4.69, 9.17) is 10.5 Å². The third kappa shape index (κ3) is 2.82. The van der Waals surface area contributed by atoms with E-state index >= 15 is 0 Å². The van der Waals surface area contributed by atoms with E-state index in [1.807, 2.05) is 62.4 Å². The summed E-state index contributed by atoms with van der Waals surface area (Å²) in [6.07, 6.45) is 0. The Morgan fingerprint density at radius 2 is 0.917 bits per heavy atom. The van der Waals surface area contributed by atoms with E-state index < -0.39 is 0 Å². The highest BCUT2D eigenvalue weighted by Gasteiger charge is 2.21. The molecule has 4 heterocycles. The second-order valence-electron chi connectivity index (χ2n) is 8.87. The lowest BCUT2D eigenvalue weighted by Crippen LogP contribution is -2.23. The average Bonchev–Trinajstić information content (AvgIpc) is 3.56. The number of fused-ring (bicyclic) bond motifs is 3. The molecule has 0 radical (unpaired) electrons. The Bertz CT molecular complexity index is 1900. The standard InChI is InChI=1S/C30H18N4O2/c1-17-23-11-13-25(21-7-3-19(15-31)4-8-21)33(23)30(36)28-18(2)24-12-14-26(34(24)29(35)27(17)28)22-9-5-20(16-32)6-10-22/h3-14H,1-2H3. The van der Waals surface area contributed by atoms with E-state index in [1.165, 1.54) is 0 Å². The van der Waals surface area contributed by atoms with Gasteiger partial charge in [0.15, 0.2) is 0 Å². The fraction of sp³-hybridized carbons (Fsp3) is 0.0667. The van der Waals surface area contributed by atoms with Crippen molar-refractivity contribution in [1.82, 2.24) is 8.80 Å². The van der Waals surface area contributed by atoms with Gasteiger partial charge in [0.25, 0.3) is 11.1 Å². The van der Waals surface area contributed by atoms with Gasteiger partial charge in [0, 0.05) is 0 Å². The molecule has 4 aromatic heterocycles. The molecule has 0 unspecified atom stereocenters. The molecule has 0 atom stereocenters. The van der Waals surface area contributed by atoms with Crippen LogP contribution in [0.25, 0.3) is 44.3 Å². The summed E-state index contributed by atoms with van der Waals surface area (Å²) >= 11 is 0. The minimum Gasteiger partial charge on any atom is -0.276 e. The molecule has 0 spiro atoms. The van der Waals surface area contributed by atoms with Crippen LogP contribution in [0.4, 0.5) is 0 Å². The predicted molar refractivity (Wildman–Crippen MR) is 139 cm³/mol. The zero-order valence-corrected chi connectivity index (χ0v) is 19.5. The van der Waals surface area contributed by atoms with E-state index in [-0.39, 0.29) is 11.1 Å². The van der Waals surface area contributed by atoms with Crippen LogP contribution < -0.4 is 11.1 Å². The molecule has 0 bridgehead atoms. The summed E-state index contributed by atoms with van der Waals surface area (Å²) in [6, 6.07) is 25.9. The normalized spacial score (nSPS) is 11.2. The lowest BCUT2D eigenvalue weighted by molar-refractivity contribution is 1.10. The molecule has 0 saturated carbocycles. The van der Waals surface area contributed by atoms with Crippen LogP contribution in [-0.4, -0.2) is 8.80 Å². The van der Waals surface area contributed by atoms with Crippen molar-refractivity contribution in [3.05, 3.63) is 116 Å². The summed E-state index contributed by atoms with van der Waals surface area (Å²) in [5.74, 6) is 0. The van der Waals surface area contributed by atoms with Gasteiger partial charge >= 0.3 is 0 Å². The van der Waals surface area contributed by atoms with Gasteiger partial charge in [-0.15, -0.1) is 0 Å². The molecule has 6 rings (SSSR count). The van der Waals surface area contributed by atoms with Gasteiger partial charge in [-0.2, -0.15) is 10.5 Å². The van der Waals surface area contributed by atoms with Crippen molar-refractivity contribution >= 4 is 21.8 Å². The van der Waals surface area contributed by atoms with Gasteiger partial charge < -0.3 is 0 Å². The highest BCUT2D eigenvalue weighted by molar-refractivity contribution is 5.96. The molecular formula is C30H18N4O2. The Morgan fingerprint density at radius 3 is 1.25 bits per heavy atom. The van der Waals surface area contributed by atoms with Crippen LogP contribution in [0, 0.1) is 36.5 Å². The maximum atomic E-state index is 13.9. The summed E-state index contributed by atoms with van der Waals surface area (Å²) < 4.78 is 3.32. The lowest BCUT2D eigenvalue weighted by atomic mass is 10.0. The SMILES string of the molecule is Cc1c2c(=O)n3c(-c4ccc(C#N)cc4)ccc3c(C)c2c(=O)n2c(-c3ccc(C#N)cc3)ccc12. The van der Waals surface area contributed by atoms with Crippen molar-refractivity contribution in [2.45, 2.75) is 13.8 Å². The van der Waals surface area contributed by atoms with Gasteiger partial charge in [-0.1, -0.05) is 24.3 Å². The van der Waals surface area contributed by atoms with Crippen molar-refractivity contribution in [1.29, 1.82) is 10.5 Å². The summed E-state index contributed by atoms with van der Waals surface area (Å²) in [6.45, 7) is 3.74. The summed E-state index contributed by atoms with van der Waals surface area (Å²) in [4.78, 5) is 27.8. The van der Waals surface area contributed by atoms with Crippen LogP contribution in [0.3, 0.4) is 0 Å². The number of aromatic nitrogens is 2. The maximum absolute atomic E-state index is 13.9. The molecule has 0 aliphatic rings. The molecule has 0 aliphatic carbocycles. The third-order valence-corrected chi connectivity index (χ3v) is 6.98. The highest BCUT2D eigenvalue weighted by atomic mass is 16.1. The van der Waals surface area contributed by atoms with Crippen molar-refractivity contribution in [2.24, 2.45) is 0 Å². The van der Waals surface area contributed by atoms with Crippen LogP contribution in [0.2, 0.25) is 0 Å². The average molecular weight is 467 g/mol. The Labute approximate surface area is 205 Å².